The van der Waals surface area contributed by atoms with Gasteiger partial charge in [-0.3, -0.25) is 19.2 Å². The zero-order valence-electron chi connectivity index (χ0n) is 13.2. The first-order valence-corrected chi connectivity index (χ1v) is 9.12. The number of nitrogens with one attached hydrogen (secondary N) is 2. The Labute approximate surface area is 159 Å². The maximum Gasteiger partial charge on any atom is 0.251 e. The minimum atomic E-state index is -0.550. The molecule has 0 saturated carbocycles. The topological polar surface area (TPSA) is 144 Å². The third-order valence-electron chi connectivity index (χ3n) is 2.48. The highest BCUT2D eigenvalue weighted by Gasteiger charge is 2.13. The smallest absolute Gasteiger partial charge is 0.251 e. The fraction of sp³-hybridized carbons (Fsp3) is 0.143. The SMILES string of the molecule is CC(=O)Nc1sc(Br)cc1C(N)=O.CC(=O)Nc1sccc1C(N)=O. The van der Waals surface area contributed by atoms with Gasteiger partial charge in [0.25, 0.3) is 11.8 Å². The molecule has 6 N–H and O–H groups in total. The number of hydrogen-bond acceptors (Lipinski definition) is 6. The second-order valence-corrected chi connectivity index (χ2v) is 7.90. The zero-order valence-corrected chi connectivity index (χ0v) is 16.4. The van der Waals surface area contributed by atoms with Crippen molar-refractivity contribution in [3.63, 3.8) is 0 Å². The summed E-state index contributed by atoms with van der Waals surface area (Å²) < 4.78 is 0.755. The number of carbonyl (C=O) groups is 4. The Balaban J connectivity index is 0.000000251. The van der Waals surface area contributed by atoms with E-state index in [4.69, 9.17) is 11.5 Å². The number of rotatable bonds is 4. The maximum atomic E-state index is 10.9. The van der Waals surface area contributed by atoms with Crippen molar-refractivity contribution >= 4 is 72.2 Å². The quantitative estimate of drug-likeness (QED) is 0.570. The molecule has 0 radical (unpaired) electrons. The Morgan fingerprint density at radius 1 is 0.960 bits per heavy atom. The molecule has 0 aliphatic carbocycles. The fourth-order valence-electron chi connectivity index (χ4n) is 1.56. The van der Waals surface area contributed by atoms with Crippen molar-refractivity contribution in [1.29, 1.82) is 0 Å². The fourth-order valence-corrected chi connectivity index (χ4v) is 3.95. The molecule has 134 valence electrons. The highest BCUT2D eigenvalue weighted by atomic mass is 79.9. The molecule has 4 amide bonds. The molecule has 2 aromatic rings. The molecule has 0 bridgehead atoms. The van der Waals surface area contributed by atoms with Gasteiger partial charge in [0.1, 0.15) is 10.0 Å². The summed E-state index contributed by atoms with van der Waals surface area (Å²) in [5.74, 6) is -1.51. The number of thiophene rings is 2. The van der Waals surface area contributed by atoms with Gasteiger partial charge in [-0.05, 0) is 33.4 Å². The molecule has 0 fully saturated rings. The van der Waals surface area contributed by atoms with Crippen LogP contribution < -0.4 is 22.1 Å². The molecule has 0 atom stereocenters. The van der Waals surface area contributed by atoms with Gasteiger partial charge in [0, 0.05) is 13.8 Å². The molecule has 2 aromatic heterocycles. The average Bonchev–Trinajstić information content (AvgIpc) is 3.05. The van der Waals surface area contributed by atoms with Crippen LogP contribution in [0.1, 0.15) is 34.6 Å². The van der Waals surface area contributed by atoms with Gasteiger partial charge in [0.05, 0.1) is 14.9 Å². The predicted octanol–water partition coefficient (Wildman–Crippen LogP) is 2.37. The lowest BCUT2D eigenvalue weighted by atomic mass is 10.3. The second kappa shape index (κ2) is 9.30. The van der Waals surface area contributed by atoms with Crippen molar-refractivity contribution < 1.29 is 19.2 Å². The van der Waals surface area contributed by atoms with Gasteiger partial charge < -0.3 is 22.1 Å². The molecule has 8 nitrogen and oxygen atoms in total. The van der Waals surface area contributed by atoms with E-state index >= 15 is 0 Å². The van der Waals surface area contributed by atoms with Gasteiger partial charge in [0.15, 0.2) is 0 Å². The van der Waals surface area contributed by atoms with E-state index in [0.29, 0.717) is 21.1 Å². The molecule has 25 heavy (non-hydrogen) atoms. The van der Waals surface area contributed by atoms with E-state index in [2.05, 4.69) is 26.6 Å². The van der Waals surface area contributed by atoms with E-state index in [-0.39, 0.29) is 11.8 Å². The zero-order chi connectivity index (χ0) is 19.1. The van der Waals surface area contributed by atoms with Crippen molar-refractivity contribution in [3.8, 4) is 0 Å². The monoisotopic (exact) mass is 446 g/mol. The summed E-state index contributed by atoms with van der Waals surface area (Å²) in [6.07, 6.45) is 0. The maximum absolute atomic E-state index is 10.9. The summed E-state index contributed by atoms with van der Waals surface area (Å²) in [6.45, 7) is 2.75. The van der Waals surface area contributed by atoms with Crippen molar-refractivity contribution in [2.24, 2.45) is 11.5 Å². The van der Waals surface area contributed by atoms with Crippen LogP contribution in [0.5, 0.6) is 0 Å². The Bertz CT molecular complexity index is 816. The summed E-state index contributed by atoms with van der Waals surface area (Å²) in [4.78, 5) is 43.0. The molecule has 11 heteroatoms. The average molecular weight is 447 g/mol. The Morgan fingerprint density at radius 2 is 1.48 bits per heavy atom. The van der Waals surface area contributed by atoms with Crippen molar-refractivity contribution in [2.75, 3.05) is 10.6 Å². The van der Waals surface area contributed by atoms with Gasteiger partial charge in [0.2, 0.25) is 11.8 Å². The Morgan fingerprint density at radius 3 is 1.96 bits per heavy atom. The van der Waals surface area contributed by atoms with Gasteiger partial charge >= 0.3 is 0 Å². The molecule has 2 rings (SSSR count). The first kappa shape index (κ1) is 20.8. The number of carbonyl (C=O) groups excluding carboxylic acids is 4. The minimum absolute atomic E-state index is 0.208. The van der Waals surface area contributed by atoms with E-state index < -0.39 is 11.8 Å². The highest BCUT2D eigenvalue weighted by Crippen LogP contribution is 2.31. The summed E-state index contributed by atoms with van der Waals surface area (Å²) >= 11 is 5.73. The summed E-state index contributed by atoms with van der Waals surface area (Å²) in [7, 11) is 0. The lowest BCUT2D eigenvalue weighted by molar-refractivity contribution is -0.115. The molecular formula is C14H15BrN4O4S2. The second-order valence-electron chi connectivity index (χ2n) is 4.55. The van der Waals surface area contributed by atoms with E-state index in [1.165, 1.54) is 36.5 Å². The van der Waals surface area contributed by atoms with E-state index in [9.17, 15) is 19.2 Å². The molecule has 0 aliphatic rings. The number of hydrogen-bond donors (Lipinski definition) is 4. The van der Waals surface area contributed by atoms with Gasteiger partial charge in [-0.15, -0.1) is 22.7 Å². The minimum Gasteiger partial charge on any atom is -0.366 e. The van der Waals surface area contributed by atoms with Gasteiger partial charge in [-0.1, -0.05) is 0 Å². The molecule has 0 saturated heterocycles. The third kappa shape index (κ3) is 6.64. The van der Waals surface area contributed by atoms with Crippen LogP contribution in [-0.2, 0) is 9.59 Å². The van der Waals surface area contributed by atoms with Crippen molar-refractivity contribution in [2.45, 2.75) is 13.8 Å². The lowest BCUT2D eigenvalue weighted by Crippen LogP contribution is -2.14. The molecular weight excluding hydrogens is 432 g/mol. The largest absolute Gasteiger partial charge is 0.366 e. The predicted molar refractivity (Wildman–Crippen MR) is 102 cm³/mol. The normalized spacial score (nSPS) is 9.56. The van der Waals surface area contributed by atoms with Crippen LogP contribution in [0.15, 0.2) is 21.3 Å². The van der Waals surface area contributed by atoms with Crippen LogP contribution in [0.25, 0.3) is 0 Å². The molecule has 0 aromatic carbocycles. The van der Waals surface area contributed by atoms with E-state index in [1.807, 2.05) is 0 Å². The van der Waals surface area contributed by atoms with Crippen LogP contribution in [0.4, 0.5) is 10.0 Å². The summed E-state index contributed by atoms with van der Waals surface area (Å²) in [5, 5.41) is 7.73. The first-order chi connectivity index (χ1) is 11.6. The van der Waals surface area contributed by atoms with E-state index in [1.54, 1.807) is 17.5 Å². The summed E-state index contributed by atoms with van der Waals surface area (Å²) in [5.41, 5.74) is 10.8. The van der Waals surface area contributed by atoms with Crippen LogP contribution in [-0.4, -0.2) is 23.6 Å². The van der Waals surface area contributed by atoms with Crippen LogP contribution >= 0.6 is 38.6 Å². The van der Waals surface area contributed by atoms with Gasteiger partial charge in [-0.2, -0.15) is 0 Å². The van der Waals surface area contributed by atoms with Gasteiger partial charge in [-0.25, -0.2) is 0 Å². The first-order valence-electron chi connectivity index (χ1n) is 6.63. The molecule has 0 spiro atoms. The van der Waals surface area contributed by atoms with Crippen LogP contribution in [0.3, 0.4) is 0 Å². The number of nitrogens with two attached hydrogens (primary N) is 2. The number of amides is 4. The number of anilines is 2. The molecule has 2 heterocycles. The lowest BCUT2D eigenvalue weighted by Gasteiger charge is -1.98. The molecule has 0 unspecified atom stereocenters. The van der Waals surface area contributed by atoms with Crippen LogP contribution in [0, 0.1) is 0 Å². The van der Waals surface area contributed by atoms with Crippen LogP contribution in [0.2, 0.25) is 0 Å². The van der Waals surface area contributed by atoms with Crippen molar-refractivity contribution in [3.05, 3.63) is 32.4 Å². The third-order valence-corrected chi connectivity index (χ3v) is 4.86. The Kier molecular flexibility index (Phi) is 7.74. The number of primary amides is 2. The highest BCUT2D eigenvalue weighted by molar-refractivity contribution is 9.11. The summed E-state index contributed by atoms with van der Waals surface area (Å²) in [6, 6.07) is 3.16. The Hall–Kier alpha value is -2.24. The van der Waals surface area contributed by atoms with Crippen molar-refractivity contribution in [1.82, 2.24) is 0 Å². The number of halogens is 1. The van der Waals surface area contributed by atoms with E-state index in [0.717, 1.165) is 3.79 Å². The molecule has 0 aliphatic heterocycles. The standard InChI is InChI=1S/C7H7BrN2O2S.C7H8N2O2S/c1-3(11)10-7-4(6(9)12)2-5(8)13-7;1-4(10)9-7-5(6(8)11)2-3-12-7/h2H,1H3,(H2,9,12)(H,10,11);2-3H,1H3,(H2,8,11)(H,9,10).